The lowest BCUT2D eigenvalue weighted by molar-refractivity contribution is -0.132. The molecule has 1 aliphatic rings. The van der Waals surface area contributed by atoms with E-state index in [0.29, 0.717) is 41.5 Å². The standard InChI is InChI=1S/C29H29NO7/c1-5-36-21-9-7-8-20(16-21)30-26(18-10-12-22(31)24(15-18)37-6-2)25(28(33)29(30)34)27(32)19-11-13-23(35-4)17(3)14-19/h7-16,26,31-32H,5-6H2,1-4H3/b27-25-. The van der Waals surface area contributed by atoms with E-state index in [9.17, 15) is 19.8 Å². The Morgan fingerprint density at radius 2 is 1.70 bits per heavy atom. The summed E-state index contributed by atoms with van der Waals surface area (Å²) in [7, 11) is 1.55. The van der Waals surface area contributed by atoms with Gasteiger partial charge in [-0.2, -0.15) is 0 Å². The van der Waals surface area contributed by atoms with E-state index in [4.69, 9.17) is 14.2 Å². The first-order valence-corrected chi connectivity index (χ1v) is 11.9. The lowest BCUT2D eigenvalue weighted by atomic mass is 9.94. The Bertz CT molecular complexity index is 1380. The summed E-state index contributed by atoms with van der Waals surface area (Å²) < 4.78 is 16.5. The monoisotopic (exact) mass is 503 g/mol. The van der Waals surface area contributed by atoms with Gasteiger partial charge in [0.05, 0.1) is 31.9 Å². The smallest absolute Gasteiger partial charge is 0.300 e. The fourth-order valence-corrected chi connectivity index (χ4v) is 4.46. The van der Waals surface area contributed by atoms with Gasteiger partial charge in [-0.3, -0.25) is 14.5 Å². The number of carbonyl (C=O) groups excluding carboxylic acids is 2. The quantitative estimate of drug-likeness (QED) is 0.249. The Hall–Kier alpha value is -4.46. The van der Waals surface area contributed by atoms with Crippen LogP contribution in [0.15, 0.2) is 66.2 Å². The largest absolute Gasteiger partial charge is 0.507 e. The van der Waals surface area contributed by atoms with Crippen LogP contribution in [0.3, 0.4) is 0 Å². The number of phenols is 1. The Morgan fingerprint density at radius 3 is 2.38 bits per heavy atom. The van der Waals surface area contributed by atoms with Crippen LogP contribution < -0.4 is 19.1 Å². The number of nitrogens with zero attached hydrogens (tertiary/aromatic N) is 1. The lowest BCUT2D eigenvalue weighted by Crippen LogP contribution is -2.29. The van der Waals surface area contributed by atoms with Crippen molar-refractivity contribution in [2.24, 2.45) is 0 Å². The molecule has 1 amide bonds. The highest BCUT2D eigenvalue weighted by Crippen LogP contribution is 2.44. The van der Waals surface area contributed by atoms with Crippen molar-refractivity contribution < 1.29 is 34.0 Å². The molecule has 3 aromatic rings. The van der Waals surface area contributed by atoms with Crippen LogP contribution in [-0.4, -0.2) is 42.2 Å². The highest BCUT2D eigenvalue weighted by molar-refractivity contribution is 6.51. The van der Waals surface area contributed by atoms with Gasteiger partial charge in [0.2, 0.25) is 0 Å². The second-order valence-electron chi connectivity index (χ2n) is 8.44. The van der Waals surface area contributed by atoms with Gasteiger partial charge in [0.1, 0.15) is 17.3 Å². The van der Waals surface area contributed by atoms with Crippen molar-refractivity contribution in [2.75, 3.05) is 25.2 Å². The number of phenolic OH excluding ortho intramolecular Hbond substituents is 1. The van der Waals surface area contributed by atoms with Gasteiger partial charge in [0.25, 0.3) is 11.7 Å². The zero-order valence-corrected chi connectivity index (χ0v) is 21.1. The third-order valence-electron chi connectivity index (χ3n) is 6.12. The molecule has 1 aliphatic heterocycles. The van der Waals surface area contributed by atoms with Crippen molar-refractivity contribution in [1.82, 2.24) is 0 Å². The Kier molecular flexibility index (Phi) is 7.38. The molecule has 0 bridgehead atoms. The number of Topliss-reactive ketones (excluding diaryl/α,β-unsaturated/α-hetero) is 1. The van der Waals surface area contributed by atoms with Gasteiger partial charge in [-0.05, 0) is 74.4 Å². The number of rotatable bonds is 8. The van der Waals surface area contributed by atoms with Crippen molar-refractivity contribution in [1.29, 1.82) is 0 Å². The molecule has 0 aliphatic carbocycles. The number of aliphatic hydroxyl groups is 1. The Morgan fingerprint density at radius 1 is 0.946 bits per heavy atom. The van der Waals surface area contributed by atoms with Gasteiger partial charge in [-0.25, -0.2) is 0 Å². The molecule has 2 N–H and O–H groups in total. The number of benzene rings is 3. The maximum absolute atomic E-state index is 13.4. The van der Waals surface area contributed by atoms with E-state index in [2.05, 4.69) is 0 Å². The summed E-state index contributed by atoms with van der Waals surface area (Å²) in [4.78, 5) is 28.2. The maximum Gasteiger partial charge on any atom is 0.300 e. The fraction of sp³-hybridized carbons (Fsp3) is 0.241. The summed E-state index contributed by atoms with van der Waals surface area (Å²) in [5.41, 5.74) is 1.95. The van der Waals surface area contributed by atoms with Crippen molar-refractivity contribution >= 4 is 23.1 Å². The van der Waals surface area contributed by atoms with Gasteiger partial charge in [-0.1, -0.05) is 12.1 Å². The maximum atomic E-state index is 13.4. The highest BCUT2D eigenvalue weighted by atomic mass is 16.5. The second kappa shape index (κ2) is 10.7. The first-order chi connectivity index (χ1) is 17.8. The van der Waals surface area contributed by atoms with Gasteiger partial charge < -0.3 is 24.4 Å². The average molecular weight is 504 g/mol. The molecule has 8 heteroatoms. The molecule has 0 saturated carbocycles. The minimum Gasteiger partial charge on any atom is -0.507 e. The zero-order valence-electron chi connectivity index (χ0n) is 21.1. The Labute approximate surface area is 215 Å². The van der Waals surface area contributed by atoms with E-state index in [1.165, 1.54) is 11.0 Å². The first-order valence-electron chi connectivity index (χ1n) is 11.9. The summed E-state index contributed by atoms with van der Waals surface area (Å²) in [5.74, 6) is -0.655. The number of ether oxygens (including phenoxy) is 3. The molecule has 1 unspecified atom stereocenters. The van der Waals surface area contributed by atoms with E-state index in [1.54, 1.807) is 68.6 Å². The van der Waals surface area contributed by atoms with E-state index in [0.717, 1.165) is 5.56 Å². The van der Waals surface area contributed by atoms with Crippen LogP contribution in [-0.2, 0) is 9.59 Å². The van der Waals surface area contributed by atoms with Crippen LogP contribution >= 0.6 is 0 Å². The van der Waals surface area contributed by atoms with Crippen LogP contribution in [0.4, 0.5) is 5.69 Å². The lowest BCUT2D eigenvalue weighted by Gasteiger charge is -2.26. The van der Waals surface area contributed by atoms with Crippen LogP contribution in [0.5, 0.6) is 23.0 Å². The van der Waals surface area contributed by atoms with Crippen molar-refractivity contribution in [3.8, 4) is 23.0 Å². The van der Waals surface area contributed by atoms with Crippen LogP contribution in [0.2, 0.25) is 0 Å². The molecular weight excluding hydrogens is 474 g/mol. The summed E-state index contributed by atoms with van der Waals surface area (Å²) in [6.45, 7) is 6.18. The molecule has 1 atom stereocenters. The molecule has 0 aromatic heterocycles. The summed E-state index contributed by atoms with van der Waals surface area (Å²) in [6.07, 6.45) is 0. The number of hydrogen-bond donors (Lipinski definition) is 2. The van der Waals surface area contributed by atoms with E-state index in [1.807, 2.05) is 13.8 Å². The number of ketones is 1. The fourth-order valence-electron chi connectivity index (χ4n) is 4.46. The molecule has 0 spiro atoms. The zero-order chi connectivity index (χ0) is 26.7. The third kappa shape index (κ3) is 4.82. The van der Waals surface area contributed by atoms with E-state index < -0.39 is 17.7 Å². The number of aryl methyl sites for hydroxylation is 1. The summed E-state index contributed by atoms with van der Waals surface area (Å²) in [6, 6.07) is 15.5. The number of hydrogen-bond acceptors (Lipinski definition) is 7. The Balaban J connectivity index is 1.95. The number of aromatic hydroxyl groups is 1. The van der Waals surface area contributed by atoms with Gasteiger partial charge in [0, 0.05) is 17.3 Å². The number of carbonyl (C=O) groups is 2. The van der Waals surface area contributed by atoms with Gasteiger partial charge >= 0.3 is 0 Å². The third-order valence-corrected chi connectivity index (χ3v) is 6.12. The molecular formula is C29H29NO7. The van der Waals surface area contributed by atoms with Crippen LogP contribution in [0.1, 0.15) is 36.6 Å². The van der Waals surface area contributed by atoms with Crippen molar-refractivity contribution in [3.63, 3.8) is 0 Å². The molecule has 192 valence electrons. The van der Waals surface area contributed by atoms with Crippen LogP contribution in [0, 0.1) is 6.92 Å². The predicted molar refractivity (Wildman–Crippen MR) is 139 cm³/mol. The first kappa shape index (κ1) is 25.6. The number of amides is 1. The molecule has 1 heterocycles. The summed E-state index contributed by atoms with van der Waals surface area (Å²) >= 11 is 0. The normalized spacial score (nSPS) is 16.6. The SMILES string of the molecule is CCOc1cccc(N2C(=O)C(=O)/C(=C(\O)c3ccc(OC)c(C)c3)C2c2ccc(O)c(OCC)c2)c1. The molecule has 1 fully saturated rings. The van der Waals surface area contributed by atoms with Crippen molar-refractivity contribution in [3.05, 3.63) is 82.9 Å². The number of aliphatic hydroxyl groups excluding tert-OH is 1. The molecule has 0 radical (unpaired) electrons. The minimum absolute atomic E-state index is 0.0772. The minimum atomic E-state index is -0.987. The van der Waals surface area contributed by atoms with Crippen LogP contribution in [0.25, 0.3) is 5.76 Å². The average Bonchev–Trinajstić information content (AvgIpc) is 3.15. The van der Waals surface area contributed by atoms with Gasteiger partial charge in [-0.15, -0.1) is 0 Å². The summed E-state index contributed by atoms with van der Waals surface area (Å²) in [5, 5.41) is 21.7. The molecule has 37 heavy (non-hydrogen) atoms. The molecule has 8 nitrogen and oxygen atoms in total. The topological polar surface area (TPSA) is 106 Å². The van der Waals surface area contributed by atoms with Crippen molar-refractivity contribution in [2.45, 2.75) is 26.8 Å². The van der Waals surface area contributed by atoms with Gasteiger partial charge in [0.15, 0.2) is 11.5 Å². The highest BCUT2D eigenvalue weighted by Gasteiger charge is 2.47. The number of methoxy groups -OCH3 is 1. The second-order valence-corrected chi connectivity index (χ2v) is 8.44. The number of anilines is 1. The molecule has 1 saturated heterocycles. The predicted octanol–water partition coefficient (Wildman–Crippen LogP) is 5.13. The van der Waals surface area contributed by atoms with E-state index >= 15 is 0 Å². The molecule has 4 rings (SSSR count). The van der Waals surface area contributed by atoms with E-state index in [-0.39, 0.29) is 22.8 Å². The molecule has 3 aromatic carbocycles.